The molecule has 0 spiro atoms. The molecule has 0 aromatic heterocycles. The van der Waals surface area contributed by atoms with E-state index < -0.39 is 5.91 Å². The van der Waals surface area contributed by atoms with E-state index in [1.54, 1.807) is 12.1 Å². The number of rotatable bonds is 5. The minimum absolute atomic E-state index is 0.0498. The number of nitrogens with one attached hydrogen (secondary N) is 2. The standard InChI is InChI=1S/C21H20Cl2N4O/c22-19-9-6-17(12-20(19)23)26-21(28)15(13-24)14-25-16-4-7-18(8-5-16)27-10-2-1-3-11-27/h4-9,12,14,25H,1-3,10-11H2,(H,26,28)/b15-14-. The Kier molecular flexibility index (Phi) is 6.80. The number of nitrogens with zero attached hydrogens (tertiary/aromatic N) is 2. The van der Waals surface area contributed by atoms with Crippen LogP contribution < -0.4 is 15.5 Å². The summed E-state index contributed by atoms with van der Waals surface area (Å²) in [6.45, 7) is 2.17. The van der Waals surface area contributed by atoms with Gasteiger partial charge in [-0.3, -0.25) is 4.79 Å². The second-order valence-corrected chi connectivity index (χ2v) is 7.31. The van der Waals surface area contributed by atoms with Gasteiger partial charge in [-0.2, -0.15) is 5.26 Å². The summed E-state index contributed by atoms with van der Waals surface area (Å²) in [6.07, 6.45) is 5.13. The normalized spacial score (nSPS) is 14.3. The van der Waals surface area contributed by atoms with Crippen LogP contribution in [-0.2, 0) is 4.79 Å². The van der Waals surface area contributed by atoms with Crippen molar-refractivity contribution in [3.8, 4) is 6.07 Å². The van der Waals surface area contributed by atoms with Gasteiger partial charge in [0.15, 0.2) is 0 Å². The number of hydrogen-bond acceptors (Lipinski definition) is 4. The van der Waals surface area contributed by atoms with Gasteiger partial charge < -0.3 is 15.5 Å². The quantitative estimate of drug-likeness (QED) is 0.504. The summed E-state index contributed by atoms with van der Waals surface area (Å²) in [5.74, 6) is -0.529. The van der Waals surface area contributed by atoms with Crippen LogP contribution in [-0.4, -0.2) is 19.0 Å². The van der Waals surface area contributed by atoms with Gasteiger partial charge in [-0.15, -0.1) is 0 Å². The molecule has 28 heavy (non-hydrogen) atoms. The molecule has 3 rings (SSSR count). The summed E-state index contributed by atoms with van der Waals surface area (Å²) in [5, 5.41) is 15.6. The number of piperidine rings is 1. The third kappa shape index (κ3) is 5.19. The number of benzene rings is 2. The predicted molar refractivity (Wildman–Crippen MR) is 115 cm³/mol. The zero-order valence-corrected chi connectivity index (χ0v) is 16.7. The van der Waals surface area contributed by atoms with Gasteiger partial charge in [0.2, 0.25) is 0 Å². The highest BCUT2D eigenvalue weighted by molar-refractivity contribution is 6.42. The van der Waals surface area contributed by atoms with Gasteiger partial charge in [-0.1, -0.05) is 23.2 Å². The second-order valence-electron chi connectivity index (χ2n) is 6.49. The molecule has 0 bridgehead atoms. The smallest absolute Gasteiger partial charge is 0.267 e. The Bertz CT molecular complexity index is 913. The van der Waals surface area contributed by atoms with E-state index in [0.29, 0.717) is 15.7 Å². The highest BCUT2D eigenvalue weighted by Crippen LogP contribution is 2.25. The summed E-state index contributed by atoms with van der Waals surface area (Å²) in [5.41, 5.74) is 2.40. The lowest BCUT2D eigenvalue weighted by molar-refractivity contribution is -0.112. The van der Waals surface area contributed by atoms with E-state index >= 15 is 0 Å². The maximum absolute atomic E-state index is 12.3. The van der Waals surface area contributed by atoms with Crippen LogP contribution >= 0.6 is 23.2 Å². The Balaban J connectivity index is 1.63. The van der Waals surface area contributed by atoms with Crippen LogP contribution in [0.15, 0.2) is 54.2 Å². The zero-order chi connectivity index (χ0) is 19.9. The molecule has 0 aliphatic carbocycles. The third-order valence-corrected chi connectivity index (χ3v) is 5.25. The minimum Gasteiger partial charge on any atom is -0.372 e. The molecule has 7 heteroatoms. The minimum atomic E-state index is -0.529. The van der Waals surface area contributed by atoms with Crippen molar-refractivity contribution in [2.45, 2.75) is 19.3 Å². The monoisotopic (exact) mass is 414 g/mol. The lowest BCUT2D eigenvalue weighted by Crippen LogP contribution is -2.29. The molecule has 0 radical (unpaired) electrons. The first-order valence-corrected chi connectivity index (χ1v) is 9.80. The average molecular weight is 415 g/mol. The van der Waals surface area contributed by atoms with Gasteiger partial charge in [0.05, 0.1) is 10.0 Å². The van der Waals surface area contributed by atoms with Crippen molar-refractivity contribution in [1.82, 2.24) is 0 Å². The molecule has 2 aromatic rings. The summed E-state index contributed by atoms with van der Waals surface area (Å²) < 4.78 is 0. The first kappa shape index (κ1) is 20.1. The number of anilines is 3. The van der Waals surface area contributed by atoms with Crippen LogP contribution in [0.4, 0.5) is 17.1 Å². The fourth-order valence-electron chi connectivity index (χ4n) is 3.00. The molecule has 2 aromatic carbocycles. The Hall–Kier alpha value is -2.68. The third-order valence-electron chi connectivity index (χ3n) is 4.51. The highest BCUT2D eigenvalue weighted by Gasteiger charge is 2.12. The Labute approximate surface area is 174 Å². The van der Waals surface area contributed by atoms with Crippen molar-refractivity contribution in [2.24, 2.45) is 0 Å². The van der Waals surface area contributed by atoms with E-state index in [1.165, 1.54) is 37.2 Å². The lowest BCUT2D eigenvalue weighted by Gasteiger charge is -2.28. The highest BCUT2D eigenvalue weighted by atomic mass is 35.5. The van der Waals surface area contributed by atoms with E-state index in [2.05, 4.69) is 15.5 Å². The molecule has 1 aliphatic heterocycles. The van der Waals surface area contributed by atoms with Crippen molar-refractivity contribution in [3.63, 3.8) is 0 Å². The number of amides is 1. The van der Waals surface area contributed by atoms with Gasteiger partial charge >= 0.3 is 0 Å². The van der Waals surface area contributed by atoms with Gasteiger partial charge in [0, 0.05) is 36.4 Å². The molecule has 1 heterocycles. The second kappa shape index (κ2) is 9.50. The molecule has 5 nitrogen and oxygen atoms in total. The van der Waals surface area contributed by atoms with Crippen molar-refractivity contribution in [2.75, 3.05) is 28.6 Å². The number of halogens is 2. The van der Waals surface area contributed by atoms with E-state index in [0.717, 1.165) is 18.8 Å². The average Bonchev–Trinajstić information content (AvgIpc) is 2.72. The first-order valence-electron chi connectivity index (χ1n) is 9.05. The van der Waals surface area contributed by atoms with Crippen molar-refractivity contribution in [3.05, 3.63) is 64.3 Å². The van der Waals surface area contributed by atoms with E-state index in [-0.39, 0.29) is 5.57 Å². The summed E-state index contributed by atoms with van der Waals surface area (Å²) >= 11 is 11.8. The molecule has 0 saturated carbocycles. The van der Waals surface area contributed by atoms with E-state index in [9.17, 15) is 10.1 Å². The molecule has 144 valence electrons. The number of nitriles is 1. The predicted octanol–water partition coefficient (Wildman–Crippen LogP) is 5.44. The van der Waals surface area contributed by atoms with Gasteiger partial charge in [0.25, 0.3) is 5.91 Å². The van der Waals surface area contributed by atoms with Crippen molar-refractivity contribution in [1.29, 1.82) is 5.26 Å². The largest absolute Gasteiger partial charge is 0.372 e. The number of carbonyl (C=O) groups is 1. The Morgan fingerprint density at radius 1 is 1.00 bits per heavy atom. The molecule has 1 fully saturated rings. The SMILES string of the molecule is N#C/C(=C/Nc1ccc(N2CCCCC2)cc1)C(=O)Nc1ccc(Cl)c(Cl)c1. The molecule has 0 atom stereocenters. The zero-order valence-electron chi connectivity index (χ0n) is 15.2. The topological polar surface area (TPSA) is 68.2 Å². The van der Waals surface area contributed by atoms with Crippen LogP contribution in [0.2, 0.25) is 10.0 Å². The van der Waals surface area contributed by atoms with Crippen LogP contribution in [0.5, 0.6) is 0 Å². The van der Waals surface area contributed by atoms with E-state index in [4.69, 9.17) is 23.2 Å². The maximum atomic E-state index is 12.3. The Morgan fingerprint density at radius 3 is 2.32 bits per heavy atom. The fourth-order valence-corrected chi connectivity index (χ4v) is 3.30. The van der Waals surface area contributed by atoms with Gasteiger partial charge in [-0.25, -0.2) is 0 Å². The van der Waals surface area contributed by atoms with E-state index in [1.807, 2.05) is 30.3 Å². The molecular formula is C21H20Cl2N4O. The van der Waals surface area contributed by atoms with Gasteiger partial charge in [0.1, 0.15) is 11.6 Å². The lowest BCUT2D eigenvalue weighted by atomic mass is 10.1. The van der Waals surface area contributed by atoms with Crippen LogP contribution in [0.25, 0.3) is 0 Å². The molecule has 1 aliphatic rings. The number of hydrogen-bond donors (Lipinski definition) is 2. The van der Waals surface area contributed by atoms with Crippen LogP contribution in [0.3, 0.4) is 0 Å². The van der Waals surface area contributed by atoms with Gasteiger partial charge in [-0.05, 0) is 61.7 Å². The fraction of sp³-hybridized carbons (Fsp3) is 0.238. The molecular weight excluding hydrogens is 395 g/mol. The molecule has 2 N–H and O–H groups in total. The maximum Gasteiger partial charge on any atom is 0.267 e. The molecule has 1 amide bonds. The van der Waals surface area contributed by atoms with Crippen molar-refractivity contribution >= 4 is 46.2 Å². The van der Waals surface area contributed by atoms with Crippen LogP contribution in [0.1, 0.15) is 19.3 Å². The summed E-state index contributed by atoms with van der Waals surface area (Å²) in [6, 6.07) is 14.6. The van der Waals surface area contributed by atoms with Crippen LogP contribution in [0, 0.1) is 11.3 Å². The summed E-state index contributed by atoms with van der Waals surface area (Å²) in [4.78, 5) is 14.7. The first-order chi connectivity index (χ1) is 13.6. The molecule has 0 unspecified atom stereocenters. The summed E-state index contributed by atoms with van der Waals surface area (Å²) in [7, 11) is 0. The van der Waals surface area contributed by atoms with Crippen molar-refractivity contribution < 1.29 is 4.79 Å². The molecule has 1 saturated heterocycles. The Morgan fingerprint density at radius 2 is 1.68 bits per heavy atom. The number of carbonyl (C=O) groups excluding carboxylic acids is 1.